The first-order valence-electron chi connectivity index (χ1n) is 5.93. The Bertz CT molecular complexity index is 347. The van der Waals surface area contributed by atoms with Gasteiger partial charge in [0, 0.05) is 42.7 Å². The van der Waals surface area contributed by atoms with Gasteiger partial charge in [-0.25, -0.2) is 0 Å². The molecule has 1 aliphatic rings. The maximum atomic E-state index is 10.2. The predicted molar refractivity (Wildman–Crippen MR) is 75.9 cm³/mol. The van der Waals surface area contributed by atoms with Gasteiger partial charge in [0.1, 0.15) is 0 Å². The minimum atomic E-state index is -0.582. The highest BCUT2D eigenvalue weighted by Gasteiger charge is 2.28. The zero-order valence-corrected chi connectivity index (χ0v) is 11.9. The van der Waals surface area contributed by atoms with Crippen LogP contribution in [0.1, 0.15) is 18.4 Å². The summed E-state index contributed by atoms with van der Waals surface area (Å²) in [4.78, 5) is 0. The van der Waals surface area contributed by atoms with Crippen LogP contribution in [0.3, 0.4) is 0 Å². The molecule has 0 amide bonds. The van der Waals surface area contributed by atoms with Gasteiger partial charge < -0.3 is 15.2 Å². The van der Waals surface area contributed by atoms with Crippen LogP contribution >= 0.6 is 22.6 Å². The van der Waals surface area contributed by atoms with Crippen LogP contribution in [0.5, 0.6) is 0 Å². The third kappa shape index (κ3) is 4.21. The number of hydrogen-bond acceptors (Lipinski definition) is 3. The van der Waals surface area contributed by atoms with Crippen molar-refractivity contribution in [2.24, 2.45) is 0 Å². The van der Waals surface area contributed by atoms with E-state index in [9.17, 15) is 5.11 Å². The molecule has 0 spiro atoms. The first-order valence-corrected chi connectivity index (χ1v) is 7.01. The highest BCUT2D eigenvalue weighted by Crippen LogP contribution is 2.19. The minimum absolute atomic E-state index is 0.582. The molecule has 1 aromatic rings. The molecule has 1 aliphatic heterocycles. The second-order valence-electron chi connectivity index (χ2n) is 4.57. The molecule has 0 bridgehead atoms. The maximum Gasteiger partial charge on any atom is 0.0815 e. The van der Waals surface area contributed by atoms with Crippen molar-refractivity contribution in [1.82, 2.24) is 5.32 Å². The zero-order chi connectivity index (χ0) is 12.1. The summed E-state index contributed by atoms with van der Waals surface area (Å²) in [6.45, 7) is 2.78. The lowest BCUT2D eigenvalue weighted by atomic mass is 9.94. The highest BCUT2D eigenvalue weighted by atomic mass is 127. The Morgan fingerprint density at radius 3 is 2.53 bits per heavy atom. The highest BCUT2D eigenvalue weighted by molar-refractivity contribution is 14.1. The predicted octanol–water partition coefficient (Wildman–Crippen LogP) is 1.92. The lowest BCUT2D eigenvalue weighted by molar-refractivity contribution is -0.0617. The van der Waals surface area contributed by atoms with Gasteiger partial charge in [-0.1, -0.05) is 12.1 Å². The molecule has 1 heterocycles. The first kappa shape index (κ1) is 13.3. The minimum Gasteiger partial charge on any atom is -0.388 e. The standard InChI is InChI=1S/C13H18INO2/c14-12-3-1-11(2-4-12)9-15-10-13(16)5-7-17-8-6-13/h1-4,15-16H,5-10H2. The summed E-state index contributed by atoms with van der Waals surface area (Å²) in [7, 11) is 0. The quantitative estimate of drug-likeness (QED) is 0.818. The number of ether oxygens (including phenoxy) is 1. The van der Waals surface area contributed by atoms with Crippen LogP contribution < -0.4 is 5.32 Å². The molecule has 0 aromatic heterocycles. The average Bonchev–Trinajstić information content (AvgIpc) is 2.32. The Morgan fingerprint density at radius 2 is 1.88 bits per heavy atom. The van der Waals surface area contributed by atoms with Gasteiger partial charge in [0.25, 0.3) is 0 Å². The van der Waals surface area contributed by atoms with Gasteiger partial charge in [0.2, 0.25) is 0 Å². The lowest BCUT2D eigenvalue weighted by Gasteiger charge is -2.32. The summed E-state index contributed by atoms with van der Waals surface area (Å²) in [6.07, 6.45) is 1.46. The lowest BCUT2D eigenvalue weighted by Crippen LogP contribution is -2.44. The topological polar surface area (TPSA) is 41.5 Å². The van der Waals surface area contributed by atoms with Crippen molar-refractivity contribution in [2.75, 3.05) is 19.8 Å². The molecule has 2 rings (SSSR count). The van der Waals surface area contributed by atoms with Gasteiger partial charge in [-0.15, -0.1) is 0 Å². The van der Waals surface area contributed by atoms with Crippen molar-refractivity contribution in [1.29, 1.82) is 0 Å². The van der Waals surface area contributed by atoms with Gasteiger partial charge in [-0.05, 0) is 40.3 Å². The monoisotopic (exact) mass is 347 g/mol. The van der Waals surface area contributed by atoms with E-state index < -0.39 is 5.60 Å². The fraction of sp³-hybridized carbons (Fsp3) is 0.538. The van der Waals surface area contributed by atoms with Gasteiger partial charge in [0.15, 0.2) is 0 Å². The van der Waals surface area contributed by atoms with Crippen molar-refractivity contribution in [3.05, 3.63) is 33.4 Å². The molecule has 0 unspecified atom stereocenters. The van der Waals surface area contributed by atoms with Gasteiger partial charge in [-0.2, -0.15) is 0 Å². The Balaban J connectivity index is 1.77. The third-order valence-corrected chi connectivity index (χ3v) is 3.84. The third-order valence-electron chi connectivity index (χ3n) is 3.12. The van der Waals surface area contributed by atoms with E-state index in [1.54, 1.807) is 0 Å². The van der Waals surface area contributed by atoms with Crippen LogP contribution in [-0.4, -0.2) is 30.5 Å². The summed E-state index contributed by atoms with van der Waals surface area (Å²) < 4.78 is 6.50. The number of hydrogen-bond donors (Lipinski definition) is 2. The van der Waals surface area contributed by atoms with E-state index in [1.165, 1.54) is 9.13 Å². The maximum absolute atomic E-state index is 10.2. The zero-order valence-electron chi connectivity index (χ0n) is 9.79. The SMILES string of the molecule is OC1(CNCc2ccc(I)cc2)CCOCC1. The molecule has 1 aromatic carbocycles. The summed E-state index contributed by atoms with van der Waals surface area (Å²) in [5.74, 6) is 0. The van der Waals surface area contributed by atoms with Gasteiger partial charge in [0.05, 0.1) is 5.60 Å². The summed E-state index contributed by atoms with van der Waals surface area (Å²) in [5.41, 5.74) is 0.669. The number of rotatable bonds is 4. The fourth-order valence-corrected chi connectivity index (χ4v) is 2.33. The smallest absolute Gasteiger partial charge is 0.0815 e. The van der Waals surface area contributed by atoms with E-state index in [-0.39, 0.29) is 0 Å². The van der Waals surface area contributed by atoms with Crippen molar-refractivity contribution in [3.63, 3.8) is 0 Å². The van der Waals surface area contributed by atoms with Gasteiger partial charge >= 0.3 is 0 Å². The van der Waals surface area contributed by atoms with Crippen LogP contribution in [-0.2, 0) is 11.3 Å². The number of halogens is 1. The molecule has 0 atom stereocenters. The molecule has 1 fully saturated rings. The summed E-state index contributed by atoms with van der Waals surface area (Å²) in [6, 6.07) is 8.42. The molecule has 0 radical (unpaired) electrons. The molecule has 4 heteroatoms. The van der Waals surface area contributed by atoms with Crippen LogP contribution in [0.15, 0.2) is 24.3 Å². The normalized spacial score (nSPS) is 19.2. The summed E-state index contributed by atoms with van der Waals surface area (Å²) in [5, 5.41) is 13.6. The molecule has 0 saturated carbocycles. The van der Waals surface area contributed by atoms with Crippen molar-refractivity contribution < 1.29 is 9.84 Å². The Hall–Kier alpha value is -0.170. The van der Waals surface area contributed by atoms with Crippen LogP contribution in [0, 0.1) is 3.57 Å². The molecule has 3 nitrogen and oxygen atoms in total. The Labute approximate surface area is 116 Å². The molecule has 2 N–H and O–H groups in total. The van der Waals surface area contributed by atoms with Crippen LogP contribution in [0.25, 0.3) is 0 Å². The van der Waals surface area contributed by atoms with E-state index in [2.05, 4.69) is 52.2 Å². The molecule has 0 aliphatic carbocycles. The molecule has 1 saturated heterocycles. The first-order chi connectivity index (χ1) is 8.18. The molecule has 17 heavy (non-hydrogen) atoms. The van der Waals surface area contributed by atoms with E-state index in [0.29, 0.717) is 19.8 Å². The van der Waals surface area contributed by atoms with E-state index >= 15 is 0 Å². The van der Waals surface area contributed by atoms with Crippen LogP contribution in [0.2, 0.25) is 0 Å². The van der Waals surface area contributed by atoms with Crippen molar-refractivity contribution in [3.8, 4) is 0 Å². The second kappa shape index (κ2) is 6.13. The number of benzene rings is 1. The number of nitrogens with one attached hydrogen (secondary N) is 1. The van der Waals surface area contributed by atoms with Crippen molar-refractivity contribution >= 4 is 22.6 Å². The van der Waals surface area contributed by atoms with Crippen molar-refractivity contribution in [2.45, 2.75) is 25.0 Å². The largest absolute Gasteiger partial charge is 0.388 e. The Kier molecular flexibility index (Phi) is 4.78. The fourth-order valence-electron chi connectivity index (χ4n) is 1.97. The molecule has 94 valence electrons. The molecular formula is C13H18INO2. The average molecular weight is 347 g/mol. The van der Waals surface area contributed by atoms with E-state index in [0.717, 1.165) is 19.4 Å². The Morgan fingerprint density at radius 1 is 1.24 bits per heavy atom. The molecular weight excluding hydrogens is 329 g/mol. The van der Waals surface area contributed by atoms with Gasteiger partial charge in [-0.3, -0.25) is 0 Å². The second-order valence-corrected chi connectivity index (χ2v) is 5.81. The summed E-state index contributed by atoms with van der Waals surface area (Å²) >= 11 is 2.30. The van der Waals surface area contributed by atoms with E-state index in [4.69, 9.17) is 4.74 Å². The van der Waals surface area contributed by atoms with E-state index in [1.807, 2.05) is 0 Å². The number of aliphatic hydroxyl groups is 1. The van der Waals surface area contributed by atoms with Crippen LogP contribution in [0.4, 0.5) is 0 Å².